The fourth-order valence-corrected chi connectivity index (χ4v) is 9.93. The molecule has 5 aliphatic rings. The van der Waals surface area contributed by atoms with Crippen molar-refractivity contribution in [2.24, 2.45) is 16.7 Å². The number of amides is 6. The van der Waals surface area contributed by atoms with Gasteiger partial charge in [0.25, 0.3) is 23.6 Å². The summed E-state index contributed by atoms with van der Waals surface area (Å²) in [5.74, 6) is -1.39. The number of imide groups is 2. The highest BCUT2D eigenvalue weighted by Crippen LogP contribution is 2.55. The van der Waals surface area contributed by atoms with Crippen molar-refractivity contribution in [1.82, 2.24) is 25.3 Å². The van der Waals surface area contributed by atoms with Crippen molar-refractivity contribution in [3.8, 4) is 11.8 Å². The number of hydrogen-bond donors (Lipinski definition) is 2. The lowest BCUT2D eigenvalue weighted by Gasteiger charge is -2.63. The molecule has 8 rings (SSSR count). The average Bonchev–Trinajstić information content (AvgIpc) is 3.68. The fourth-order valence-electron chi connectivity index (χ4n) is 9.93. The quantitative estimate of drug-likeness (QED) is 0.303. The van der Waals surface area contributed by atoms with E-state index in [0.29, 0.717) is 48.6 Å². The summed E-state index contributed by atoms with van der Waals surface area (Å²) in [6.45, 7) is 13.5. The molecule has 4 aliphatic heterocycles. The summed E-state index contributed by atoms with van der Waals surface area (Å²) in [4.78, 5) is 82.4. The Kier molecular flexibility index (Phi) is 9.31. The molecule has 6 amide bonds. The van der Waals surface area contributed by atoms with Crippen molar-refractivity contribution in [2.45, 2.75) is 85.2 Å². The summed E-state index contributed by atoms with van der Waals surface area (Å²) >= 11 is 0. The molecule has 57 heavy (non-hydrogen) atoms. The number of aryl methyl sites for hydroxylation is 1. The second-order valence-electron chi connectivity index (χ2n) is 17.3. The van der Waals surface area contributed by atoms with Crippen molar-refractivity contribution in [1.29, 1.82) is 5.26 Å². The van der Waals surface area contributed by atoms with Crippen LogP contribution in [0.2, 0.25) is 0 Å². The predicted octanol–water partition coefficient (Wildman–Crippen LogP) is 4.22. The molecule has 0 spiro atoms. The minimum atomic E-state index is -0.993. The molecule has 0 aromatic heterocycles. The molecule has 1 unspecified atom stereocenters. The zero-order valence-corrected chi connectivity index (χ0v) is 32.8. The van der Waals surface area contributed by atoms with E-state index in [-0.39, 0.29) is 64.7 Å². The molecular formula is C44H46N6O7. The topological polar surface area (TPSA) is 169 Å². The first-order chi connectivity index (χ1) is 27.1. The van der Waals surface area contributed by atoms with Crippen LogP contribution in [-0.2, 0) is 29.1 Å². The number of likely N-dealkylation sites (tertiary alicyclic amines) is 1. The number of carbonyl (C=O) groups excluding carboxylic acids is 6. The van der Waals surface area contributed by atoms with Gasteiger partial charge in [0, 0.05) is 73.1 Å². The molecule has 2 saturated heterocycles. The standard InChI is InChI=1S/C44H46N6O7/c1-6-25-15-31(12-11-28(25)18-45)57-42-43(2,3)41(44(42,4)5)47-36(52)26-7-9-27(10-8-26)38(54)49-20-24(21-49)19-48-22-29-16-32-33(17-30(29)23-48)40(56)50(39(32)55)34-13-14-35(51)46-37(34)53/h7-12,15-17,24,34,41-42H,6,13-14,19-23H2,1-5H3,(H,47,52)(H,46,51,53). The van der Waals surface area contributed by atoms with Crippen LogP contribution < -0.4 is 15.4 Å². The van der Waals surface area contributed by atoms with Crippen LogP contribution in [0.1, 0.15) is 111 Å². The summed E-state index contributed by atoms with van der Waals surface area (Å²) in [6.07, 6.45) is 0.743. The van der Waals surface area contributed by atoms with Crippen LogP contribution >= 0.6 is 0 Å². The number of ether oxygens (including phenoxy) is 1. The summed E-state index contributed by atoms with van der Waals surface area (Å²) in [5, 5.41) is 14.9. The lowest BCUT2D eigenvalue weighted by atomic mass is 9.49. The normalized spacial score (nSPS) is 23.5. The minimum absolute atomic E-state index is 0.0737. The molecule has 294 valence electrons. The number of piperidine rings is 1. The number of nitrogens with one attached hydrogen (secondary N) is 2. The highest BCUT2D eigenvalue weighted by Gasteiger charge is 2.64. The average molecular weight is 771 g/mol. The number of hydrogen-bond acceptors (Lipinski definition) is 9. The maximum absolute atomic E-state index is 13.5. The lowest BCUT2D eigenvalue weighted by Crippen LogP contribution is -2.74. The van der Waals surface area contributed by atoms with Crippen molar-refractivity contribution in [2.75, 3.05) is 19.6 Å². The van der Waals surface area contributed by atoms with Gasteiger partial charge in [0.1, 0.15) is 17.9 Å². The fraction of sp³-hybridized carbons (Fsp3) is 0.432. The number of fused-ring (bicyclic) bond motifs is 2. The molecule has 3 aromatic rings. The number of nitrogens with zero attached hydrogens (tertiary/aromatic N) is 4. The van der Waals surface area contributed by atoms with E-state index in [0.717, 1.165) is 34.6 Å². The number of benzene rings is 3. The number of nitriles is 1. The molecule has 3 fully saturated rings. The summed E-state index contributed by atoms with van der Waals surface area (Å²) < 4.78 is 6.48. The van der Waals surface area contributed by atoms with Gasteiger partial charge in [-0.05, 0) is 84.1 Å². The van der Waals surface area contributed by atoms with Gasteiger partial charge in [-0.25, -0.2) is 0 Å². The van der Waals surface area contributed by atoms with E-state index >= 15 is 0 Å². The Balaban J connectivity index is 0.821. The molecule has 1 saturated carbocycles. The van der Waals surface area contributed by atoms with Crippen LogP contribution in [-0.4, -0.2) is 88.0 Å². The van der Waals surface area contributed by atoms with E-state index in [2.05, 4.69) is 49.3 Å². The van der Waals surface area contributed by atoms with Gasteiger partial charge in [0.15, 0.2) is 0 Å². The Labute approximate surface area is 331 Å². The number of rotatable bonds is 9. The van der Waals surface area contributed by atoms with Gasteiger partial charge in [-0.15, -0.1) is 0 Å². The summed E-state index contributed by atoms with van der Waals surface area (Å²) in [7, 11) is 0. The van der Waals surface area contributed by atoms with E-state index < -0.39 is 29.7 Å². The molecule has 1 atom stereocenters. The smallest absolute Gasteiger partial charge is 0.262 e. The van der Waals surface area contributed by atoms with Crippen LogP contribution in [0.3, 0.4) is 0 Å². The van der Waals surface area contributed by atoms with Gasteiger partial charge in [0.2, 0.25) is 11.8 Å². The first kappa shape index (κ1) is 38.0. The highest BCUT2D eigenvalue weighted by atomic mass is 16.5. The zero-order valence-electron chi connectivity index (χ0n) is 32.8. The zero-order chi connectivity index (χ0) is 40.6. The Bertz CT molecular complexity index is 2230. The molecule has 13 heteroatoms. The van der Waals surface area contributed by atoms with Crippen LogP contribution in [0.4, 0.5) is 0 Å². The van der Waals surface area contributed by atoms with Gasteiger partial charge in [-0.1, -0.05) is 34.6 Å². The van der Waals surface area contributed by atoms with Crippen molar-refractivity contribution < 1.29 is 33.5 Å². The Morgan fingerprint density at radius 3 is 2.09 bits per heavy atom. The van der Waals surface area contributed by atoms with Gasteiger partial charge < -0.3 is 15.0 Å². The molecule has 0 bridgehead atoms. The van der Waals surface area contributed by atoms with Gasteiger partial charge in [-0.3, -0.25) is 43.9 Å². The van der Waals surface area contributed by atoms with Crippen LogP contribution in [0.5, 0.6) is 5.75 Å². The predicted molar refractivity (Wildman–Crippen MR) is 207 cm³/mol. The highest BCUT2D eigenvalue weighted by molar-refractivity contribution is 6.23. The second-order valence-corrected chi connectivity index (χ2v) is 17.3. The first-order valence-corrected chi connectivity index (χ1v) is 19.6. The minimum Gasteiger partial charge on any atom is -0.489 e. The van der Waals surface area contributed by atoms with E-state index in [9.17, 15) is 34.0 Å². The van der Waals surface area contributed by atoms with Gasteiger partial charge >= 0.3 is 0 Å². The Morgan fingerprint density at radius 2 is 1.51 bits per heavy atom. The van der Waals surface area contributed by atoms with Crippen molar-refractivity contribution in [3.05, 3.63) is 99.1 Å². The summed E-state index contributed by atoms with van der Waals surface area (Å²) in [5.41, 5.74) is 4.31. The molecule has 13 nitrogen and oxygen atoms in total. The molecule has 1 aliphatic carbocycles. The SMILES string of the molecule is CCc1cc(OC2C(C)(C)C(NC(=O)c3ccc(C(=O)N4CC(CN5Cc6cc7c(cc6C5)C(=O)N(C5CCC(=O)NC5=O)C7=O)C4)cc3)C2(C)C)ccc1C#N. The van der Waals surface area contributed by atoms with Gasteiger partial charge in [-0.2, -0.15) is 5.26 Å². The maximum Gasteiger partial charge on any atom is 0.262 e. The second kappa shape index (κ2) is 14.0. The van der Waals surface area contributed by atoms with Crippen LogP contribution in [0, 0.1) is 28.1 Å². The van der Waals surface area contributed by atoms with E-state index in [1.54, 1.807) is 47.4 Å². The first-order valence-electron chi connectivity index (χ1n) is 19.6. The van der Waals surface area contributed by atoms with E-state index in [4.69, 9.17) is 4.74 Å². The molecule has 3 aromatic carbocycles. The molecule has 4 heterocycles. The molecule has 2 N–H and O–H groups in total. The largest absolute Gasteiger partial charge is 0.489 e. The maximum atomic E-state index is 13.5. The third-order valence-corrected chi connectivity index (χ3v) is 12.6. The Hall–Kier alpha value is -5.87. The Morgan fingerprint density at radius 1 is 0.895 bits per heavy atom. The van der Waals surface area contributed by atoms with Crippen molar-refractivity contribution >= 4 is 35.4 Å². The van der Waals surface area contributed by atoms with Crippen LogP contribution in [0.25, 0.3) is 0 Å². The monoisotopic (exact) mass is 770 g/mol. The van der Waals surface area contributed by atoms with Crippen LogP contribution in [0.15, 0.2) is 54.6 Å². The summed E-state index contributed by atoms with van der Waals surface area (Å²) in [6, 6.07) is 16.9. The lowest BCUT2D eigenvalue weighted by molar-refractivity contribution is -0.164. The number of carbonyl (C=O) groups is 6. The third kappa shape index (κ3) is 6.45. The van der Waals surface area contributed by atoms with E-state index in [1.807, 2.05) is 19.1 Å². The van der Waals surface area contributed by atoms with Gasteiger partial charge in [0.05, 0.1) is 22.8 Å². The van der Waals surface area contributed by atoms with E-state index in [1.165, 1.54) is 0 Å². The third-order valence-electron chi connectivity index (χ3n) is 12.6. The van der Waals surface area contributed by atoms with Crippen molar-refractivity contribution in [3.63, 3.8) is 0 Å². The molecular weight excluding hydrogens is 725 g/mol. The molecule has 0 radical (unpaired) electrons.